The van der Waals surface area contributed by atoms with Gasteiger partial charge in [0.2, 0.25) is 0 Å². The largest absolute Gasteiger partial charge is 0.487 e. The van der Waals surface area contributed by atoms with Gasteiger partial charge in [0.05, 0.1) is 10.7 Å². The molecule has 1 aromatic heterocycles. The third-order valence-corrected chi connectivity index (χ3v) is 4.26. The highest BCUT2D eigenvalue weighted by Gasteiger charge is 2.08. The standard InChI is InChI=1S/C15H19ClN2OS/c1-10(2)15-18-13(9-20-15)8-19-14-5-4-12(16)6-11(14)7-17-3/h4-6,9-10,17H,7-8H2,1-3H3. The van der Waals surface area contributed by atoms with E-state index in [-0.39, 0.29) is 0 Å². The van der Waals surface area contributed by atoms with E-state index in [1.165, 1.54) is 0 Å². The van der Waals surface area contributed by atoms with Gasteiger partial charge in [0.1, 0.15) is 12.4 Å². The Kier molecular flexibility index (Phi) is 5.40. The molecule has 0 aliphatic carbocycles. The van der Waals surface area contributed by atoms with Crippen LogP contribution in [0.5, 0.6) is 5.75 Å². The van der Waals surface area contributed by atoms with Crippen LogP contribution < -0.4 is 10.1 Å². The minimum absolute atomic E-state index is 0.462. The molecule has 3 nitrogen and oxygen atoms in total. The van der Waals surface area contributed by atoms with E-state index in [1.54, 1.807) is 11.3 Å². The van der Waals surface area contributed by atoms with Crippen LogP contribution in [0.15, 0.2) is 23.6 Å². The summed E-state index contributed by atoms with van der Waals surface area (Å²) in [5, 5.41) is 7.04. The van der Waals surface area contributed by atoms with E-state index >= 15 is 0 Å². The van der Waals surface area contributed by atoms with Gasteiger partial charge >= 0.3 is 0 Å². The van der Waals surface area contributed by atoms with Crippen molar-refractivity contribution in [3.63, 3.8) is 0 Å². The number of aromatic nitrogens is 1. The first-order valence-electron chi connectivity index (χ1n) is 6.60. The van der Waals surface area contributed by atoms with Gasteiger partial charge in [-0.1, -0.05) is 25.4 Å². The van der Waals surface area contributed by atoms with E-state index in [0.717, 1.165) is 33.6 Å². The highest BCUT2D eigenvalue weighted by Crippen LogP contribution is 2.25. The average molecular weight is 311 g/mol. The smallest absolute Gasteiger partial charge is 0.131 e. The number of ether oxygens (including phenoxy) is 1. The van der Waals surface area contributed by atoms with Gasteiger partial charge in [-0.3, -0.25) is 0 Å². The van der Waals surface area contributed by atoms with Crippen molar-refractivity contribution in [3.8, 4) is 5.75 Å². The van der Waals surface area contributed by atoms with Crippen LogP contribution in [-0.4, -0.2) is 12.0 Å². The third kappa shape index (κ3) is 3.95. The summed E-state index contributed by atoms with van der Waals surface area (Å²) < 4.78 is 5.87. The molecule has 0 aliphatic heterocycles. The molecule has 0 fully saturated rings. The minimum Gasteiger partial charge on any atom is -0.487 e. The first kappa shape index (κ1) is 15.3. The van der Waals surface area contributed by atoms with Gasteiger partial charge in [0.25, 0.3) is 0 Å². The fourth-order valence-electron chi connectivity index (χ4n) is 1.82. The Bertz CT molecular complexity index is 569. The van der Waals surface area contributed by atoms with Gasteiger partial charge in [-0.2, -0.15) is 0 Å². The lowest BCUT2D eigenvalue weighted by Crippen LogP contribution is -2.07. The van der Waals surface area contributed by atoms with E-state index in [1.807, 2.05) is 25.2 Å². The van der Waals surface area contributed by atoms with Crippen molar-refractivity contribution in [1.29, 1.82) is 0 Å². The Morgan fingerprint density at radius 2 is 2.20 bits per heavy atom. The first-order valence-corrected chi connectivity index (χ1v) is 7.86. The summed E-state index contributed by atoms with van der Waals surface area (Å²) in [6.45, 7) is 5.51. The summed E-state index contributed by atoms with van der Waals surface area (Å²) in [7, 11) is 1.90. The summed E-state index contributed by atoms with van der Waals surface area (Å²) >= 11 is 7.70. The minimum atomic E-state index is 0.462. The number of benzene rings is 1. The zero-order chi connectivity index (χ0) is 14.5. The fourth-order valence-corrected chi connectivity index (χ4v) is 2.84. The Morgan fingerprint density at radius 1 is 1.40 bits per heavy atom. The molecule has 108 valence electrons. The lowest BCUT2D eigenvalue weighted by molar-refractivity contribution is 0.298. The van der Waals surface area contributed by atoms with Gasteiger partial charge in [0, 0.05) is 28.4 Å². The van der Waals surface area contributed by atoms with Crippen LogP contribution in [0.1, 0.15) is 36.0 Å². The number of hydrogen-bond acceptors (Lipinski definition) is 4. The Labute approximate surface area is 129 Å². The molecule has 0 amide bonds. The number of nitrogens with zero attached hydrogens (tertiary/aromatic N) is 1. The summed E-state index contributed by atoms with van der Waals surface area (Å²) in [6, 6.07) is 5.68. The molecule has 0 radical (unpaired) electrons. The van der Waals surface area contributed by atoms with Crippen LogP contribution in [0.3, 0.4) is 0 Å². The Balaban J connectivity index is 2.06. The number of thiazole rings is 1. The average Bonchev–Trinajstić information content (AvgIpc) is 2.87. The number of halogens is 1. The highest BCUT2D eigenvalue weighted by atomic mass is 35.5. The van der Waals surface area contributed by atoms with E-state index in [4.69, 9.17) is 16.3 Å². The predicted octanol–water partition coefficient (Wildman–Crippen LogP) is 4.22. The molecule has 0 atom stereocenters. The van der Waals surface area contributed by atoms with Crippen molar-refractivity contribution >= 4 is 22.9 Å². The second kappa shape index (κ2) is 7.07. The molecule has 0 saturated heterocycles. The molecular formula is C15H19ClN2OS. The molecule has 5 heteroatoms. The van der Waals surface area contributed by atoms with Crippen molar-refractivity contribution in [2.45, 2.75) is 32.9 Å². The van der Waals surface area contributed by atoms with Crippen molar-refractivity contribution in [3.05, 3.63) is 44.9 Å². The molecule has 1 N–H and O–H groups in total. The molecule has 20 heavy (non-hydrogen) atoms. The molecule has 1 heterocycles. The summed E-state index contributed by atoms with van der Waals surface area (Å²) in [5.41, 5.74) is 2.03. The molecule has 0 spiro atoms. The summed E-state index contributed by atoms with van der Waals surface area (Å²) in [5.74, 6) is 1.31. The summed E-state index contributed by atoms with van der Waals surface area (Å²) in [6.07, 6.45) is 0. The van der Waals surface area contributed by atoms with Gasteiger partial charge in [-0.05, 0) is 25.2 Å². The second-order valence-corrected chi connectivity index (χ2v) is 6.23. The molecule has 1 aromatic carbocycles. The highest BCUT2D eigenvalue weighted by molar-refractivity contribution is 7.09. The number of nitrogens with one attached hydrogen (secondary N) is 1. The monoisotopic (exact) mass is 310 g/mol. The zero-order valence-electron chi connectivity index (χ0n) is 11.9. The molecule has 2 rings (SSSR count). The van der Waals surface area contributed by atoms with Crippen LogP contribution in [0.4, 0.5) is 0 Å². The summed E-state index contributed by atoms with van der Waals surface area (Å²) in [4.78, 5) is 4.57. The lowest BCUT2D eigenvalue weighted by Gasteiger charge is -2.11. The topological polar surface area (TPSA) is 34.1 Å². The maximum atomic E-state index is 6.01. The van der Waals surface area contributed by atoms with Crippen molar-refractivity contribution in [2.75, 3.05) is 7.05 Å². The maximum absolute atomic E-state index is 6.01. The van der Waals surface area contributed by atoms with E-state index < -0.39 is 0 Å². The first-order chi connectivity index (χ1) is 9.60. The van der Waals surface area contributed by atoms with Gasteiger partial charge in [-0.25, -0.2) is 4.98 Å². The fraction of sp³-hybridized carbons (Fsp3) is 0.400. The van der Waals surface area contributed by atoms with E-state index in [9.17, 15) is 0 Å². The van der Waals surface area contributed by atoms with Crippen molar-refractivity contribution in [2.24, 2.45) is 0 Å². The molecule has 2 aromatic rings. The van der Waals surface area contributed by atoms with Gasteiger partial charge in [-0.15, -0.1) is 11.3 Å². The van der Waals surface area contributed by atoms with Crippen LogP contribution in [0.25, 0.3) is 0 Å². The second-order valence-electron chi connectivity index (χ2n) is 4.90. The third-order valence-electron chi connectivity index (χ3n) is 2.83. The van der Waals surface area contributed by atoms with Crippen LogP contribution >= 0.6 is 22.9 Å². The lowest BCUT2D eigenvalue weighted by atomic mass is 10.2. The number of rotatable bonds is 6. The predicted molar refractivity (Wildman–Crippen MR) is 84.8 cm³/mol. The molecule has 0 unspecified atom stereocenters. The molecular weight excluding hydrogens is 292 g/mol. The van der Waals surface area contributed by atoms with E-state index in [0.29, 0.717) is 12.5 Å². The number of hydrogen-bond donors (Lipinski definition) is 1. The van der Waals surface area contributed by atoms with Crippen LogP contribution in [0.2, 0.25) is 5.02 Å². The SMILES string of the molecule is CNCc1cc(Cl)ccc1OCc1csc(C(C)C)n1. The van der Waals surface area contributed by atoms with Crippen LogP contribution in [-0.2, 0) is 13.2 Å². The Morgan fingerprint density at radius 3 is 2.85 bits per heavy atom. The zero-order valence-corrected chi connectivity index (χ0v) is 13.5. The molecule has 0 aliphatic rings. The van der Waals surface area contributed by atoms with Crippen molar-refractivity contribution < 1.29 is 4.74 Å². The van der Waals surface area contributed by atoms with Crippen molar-refractivity contribution in [1.82, 2.24) is 10.3 Å². The Hall–Kier alpha value is -1.10. The molecule has 0 bridgehead atoms. The van der Waals surface area contributed by atoms with Gasteiger partial charge in [0.15, 0.2) is 0 Å². The normalized spacial score (nSPS) is 11.1. The quantitative estimate of drug-likeness (QED) is 0.867. The maximum Gasteiger partial charge on any atom is 0.131 e. The molecule has 0 saturated carbocycles. The van der Waals surface area contributed by atoms with Crippen LogP contribution in [0, 0.1) is 0 Å². The van der Waals surface area contributed by atoms with E-state index in [2.05, 4.69) is 29.5 Å². The van der Waals surface area contributed by atoms with Gasteiger partial charge < -0.3 is 10.1 Å².